The molecule has 0 spiro atoms. The molecule has 1 unspecified atom stereocenters. The summed E-state index contributed by atoms with van der Waals surface area (Å²) in [6.45, 7) is 6.12. The molecule has 1 aliphatic carbocycles. The maximum absolute atomic E-state index is 12.8. The Morgan fingerprint density at radius 3 is 2.52 bits per heavy atom. The van der Waals surface area contributed by atoms with Gasteiger partial charge in [0.1, 0.15) is 9.84 Å². The second-order valence-corrected chi connectivity index (χ2v) is 9.74. The standard InChI is InChI=1S/C18H27NO3S/c1-18(2,3)19(11-12-23(4,21)22)17(20)13-15-10-9-14-7-5-6-8-16(14)15/h5-8,15H,9-13H2,1-4H3. The number of aryl methyl sites for hydroxylation is 1. The van der Waals surface area contributed by atoms with E-state index in [1.807, 2.05) is 32.9 Å². The van der Waals surface area contributed by atoms with Crippen LogP contribution in [0.4, 0.5) is 0 Å². The van der Waals surface area contributed by atoms with Gasteiger partial charge in [-0.25, -0.2) is 8.42 Å². The van der Waals surface area contributed by atoms with Gasteiger partial charge in [0.25, 0.3) is 0 Å². The minimum absolute atomic E-state index is 0.0112. The van der Waals surface area contributed by atoms with Crippen molar-refractivity contribution in [3.63, 3.8) is 0 Å². The van der Waals surface area contributed by atoms with Crippen LogP contribution in [0.3, 0.4) is 0 Å². The van der Waals surface area contributed by atoms with Gasteiger partial charge < -0.3 is 4.90 Å². The molecule has 0 radical (unpaired) electrons. The summed E-state index contributed by atoms with van der Waals surface area (Å²) >= 11 is 0. The van der Waals surface area contributed by atoms with Crippen molar-refractivity contribution in [3.05, 3.63) is 35.4 Å². The van der Waals surface area contributed by atoms with E-state index in [1.165, 1.54) is 17.4 Å². The maximum Gasteiger partial charge on any atom is 0.223 e. The lowest BCUT2D eigenvalue weighted by atomic mass is 9.95. The lowest BCUT2D eigenvalue weighted by molar-refractivity contribution is -0.136. The lowest BCUT2D eigenvalue weighted by Gasteiger charge is -2.36. The summed E-state index contributed by atoms with van der Waals surface area (Å²) < 4.78 is 22.9. The first-order valence-corrected chi connectivity index (χ1v) is 10.2. The Balaban J connectivity index is 2.10. The van der Waals surface area contributed by atoms with Crippen molar-refractivity contribution in [3.8, 4) is 0 Å². The molecule has 2 rings (SSSR count). The van der Waals surface area contributed by atoms with E-state index in [0.29, 0.717) is 6.42 Å². The highest BCUT2D eigenvalue weighted by molar-refractivity contribution is 7.90. The van der Waals surface area contributed by atoms with Crippen LogP contribution in [0.2, 0.25) is 0 Å². The molecule has 1 aromatic carbocycles. The highest BCUT2D eigenvalue weighted by Crippen LogP contribution is 2.36. The van der Waals surface area contributed by atoms with Crippen molar-refractivity contribution in [2.24, 2.45) is 0 Å². The molecule has 1 aliphatic rings. The van der Waals surface area contributed by atoms with Crippen molar-refractivity contribution in [2.75, 3.05) is 18.6 Å². The molecule has 1 amide bonds. The van der Waals surface area contributed by atoms with Crippen molar-refractivity contribution in [1.82, 2.24) is 4.90 Å². The predicted octanol–water partition coefficient (Wildman–Crippen LogP) is 2.78. The van der Waals surface area contributed by atoms with Crippen molar-refractivity contribution in [1.29, 1.82) is 0 Å². The molecule has 0 saturated heterocycles. The average molecular weight is 337 g/mol. The molecule has 23 heavy (non-hydrogen) atoms. The zero-order valence-corrected chi connectivity index (χ0v) is 15.3. The van der Waals surface area contributed by atoms with Gasteiger partial charge in [-0.2, -0.15) is 0 Å². The second-order valence-electron chi connectivity index (χ2n) is 7.48. The van der Waals surface area contributed by atoms with Crippen LogP contribution in [-0.2, 0) is 21.1 Å². The van der Waals surface area contributed by atoms with Crippen LogP contribution in [0.1, 0.15) is 50.7 Å². The summed E-state index contributed by atoms with van der Waals surface area (Å²) in [5.74, 6) is 0.307. The molecule has 128 valence electrons. The number of sulfone groups is 1. The molecule has 0 bridgehead atoms. The Morgan fingerprint density at radius 2 is 1.91 bits per heavy atom. The smallest absolute Gasteiger partial charge is 0.223 e. The van der Waals surface area contributed by atoms with Crippen molar-refractivity contribution >= 4 is 15.7 Å². The minimum Gasteiger partial charge on any atom is -0.337 e. The number of carbonyl (C=O) groups excluding carboxylic acids is 1. The predicted molar refractivity (Wildman–Crippen MR) is 93.3 cm³/mol. The van der Waals surface area contributed by atoms with Crippen LogP contribution in [-0.4, -0.2) is 43.3 Å². The zero-order valence-electron chi connectivity index (χ0n) is 14.5. The number of hydrogen-bond acceptors (Lipinski definition) is 3. The van der Waals surface area contributed by atoms with Crippen LogP contribution in [0.15, 0.2) is 24.3 Å². The number of nitrogens with zero attached hydrogens (tertiary/aromatic N) is 1. The maximum atomic E-state index is 12.8. The van der Waals surface area contributed by atoms with E-state index in [0.717, 1.165) is 12.8 Å². The van der Waals surface area contributed by atoms with Gasteiger partial charge in [-0.15, -0.1) is 0 Å². The topological polar surface area (TPSA) is 54.5 Å². The Morgan fingerprint density at radius 1 is 1.26 bits per heavy atom. The van der Waals surface area contributed by atoms with Crippen LogP contribution >= 0.6 is 0 Å². The molecular weight excluding hydrogens is 310 g/mol. The molecular formula is C18H27NO3S. The summed E-state index contributed by atoms with van der Waals surface area (Å²) in [6.07, 6.45) is 3.69. The highest BCUT2D eigenvalue weighted by atomic mass is 32.2. The second kappa shape index (κ2) is 6.63. The van der Waals surface area contributed by atoms with Gasteiger partial charge in [0.05, 0.1) is 5.75 Å². The molecule has 0 saturated carbocycles. The monoisotopic (exact) mass is 337 g/mol. The largest absolute Gasteiger partial charge is 0.337 e. The number of benzene rings is 1. The first-order chi connectivity index (χ1) is 10.6. The summed E-state index contributed by atoms with van der Waals surface area (Å²) in [5.41, 5.74) is 2.24. The van der Waals surface area contributed by atoms with Crippen LogP contribution < -0.4 is 0 Å². The van der Waals surface area contributed by atoms with E-state index < -0.39 is 9.84 Å². The molecule has 0 N–H and O–H groups in total. The SMILES string of the molecule is CC(C)(C)N(CCS(C)(=O)=O)C(=O)CC1CCc2ccccc21. The minimum atomic E-state index is -3.08. The fourth-order valence-corrected chi connectivity index (χ4v) is 3.78. The summed E-state index contributed by atoms with van der Waals surface area (Å²) in [5, 5.41) is 0. The third-order valence-electron chi connectivity index (χ3n) is 4.47. The molecule has 0 aromatic heterocycles. The van der Waals surface area contributed by atoms with E-state index in [2.05, 4.69) is 12.1 Å². The first-order valence-electron chi connectivity index (χ1n) is 8.14. The molecule has 4 nitrogen and oxygen atoms in total. The number of hydrogen-bond donors (Lipinski definition) is 0. The molecule has 0 aliphatic heterocycles. The Bertz CT molecular complexity index is 674. The number of fused-ring (bicyclic) bond motifs is 1. The summed E-state index contributed by atoms with van der Waals surface area (Å²) in [6, 6.07) is 8.30. The van der Waals surface area contributed by atoms with Crippen molar-refractivity contribution < 1.29 is 13.2 Å². The van der Waals surface area contributed by atoms with Crippen LogP contribution in [0, 0.1) is 0 Å². The molecule has 0 fully saturated rings. The molecule has 1 aromatic rings. The molecule has 0 heterocycles. The third-order valence-corrected chi connectivity index (χ3v) is 5.40. The fraction of sp³-hybridized carbons (Fsp3) is 0.611. The first kappa shape index (κ1) is 18.0. The summed E-state index contributed by atoms with van der Waals surface area (Å²) in [4.78, 5) is 14.5. The normalized spacial score (nSPS) is 17.8. The quantitative estimate of drug-likeness (QED) is 0.830. The van der Waals surface area contributed by atoms with E-state index in [9.17, 15) is 13.2 Å². The Hall–Kier alpha value is -1.36. The Kier molecular flexibility index (Phi) is 5.19. The zero-order chi connectivity index (χ0) is 17.3. The van der Waals surface area contributed by atoms with Gasteiger partial charge in [0.2, 0.25) is 5.91 Å². The van der Waals surface area contributed by atoms with Gasteiger partial charge in [0, 0.05) is 24.8 Å². The van der Waals surface area contributed by atoms with Gasteiger partial charge in [0.15, 0.2) is 0 Å². The van der Waals surface area contributed by atoms with E-state index >= 15 is 0 Å². The molecule has 1 atom stereocenters. The van der Waals surface area contributed by atoms with Gasteiger partial charge in [-0.3, -0.25) is 4.79 Å². The van der Waals surface area contributed by atoms with E-state index in [4.69, 9.17) is 0 Å². The van der Waals surface area contributed by atoms with Gasteiger partial charge >= 0.3 is 0 Å². The van der Waals surface area contributed by atoms with Gasteiger partial charge in [-0.1, -0.05) is 24.3 Å². The third kappa shape index (κ3) is 4.80. The number of carbonyl (C=O) groups is 1. The highest BCUT2D eigenvalue weighted by Gasteiger charge is 2.31. The van der Waals surface area contributed by atoms with Crippen LogP contribution in [0.25, 0.3) is 0 Å². The van der Waals surface area contributed by atoms with E-state index in [1.54, 1.807) is 4.90 Å². The fourth-order valence-electron chi connectivity index (χ4n) is 3.27. The average Bonchev–Trinajstić information content (AvgIpc) is 2.79. The molecule has 5 heteroatoms. The summed E-state index contributed by atoms with van der Waals surface area (Å²) in [7, 11) is -3.08. The lowest BCUT2D eigenvalue weighted by Crippen LogP contribution is -2.48. The Labute approximate surface area is 139 Å². The van der Waals surface area contributed by atoms with Crippen LogP contribution in [0.5, 0.6) is 0 Å². The number of rotatable bonds is 5. The van der Waals surface area contributed by atoms with E-state index in [-0.39, 0.29) is 29.7 Å². The number of amides is 1. The van der Waals surface area contributed by atoms with Gasteiger partial charge in [-0.05, 0) is 50.7 Å². The van der Waals surface area contributed by atoms with Crippen molar-refractivity contribution in [2.45, 2.75) is 51.5 Å².